The van der Waals surface area contributed by atoms with Crippen molar-refractivity contribution in [2.75, 3.05) is 5.32 Å². The van der Waals surface area contributed by atoms with E-state index in [0.717, 1.165) is 22.2 Å². The normalized spacial score (nSPS) is 10.2. The second kappa shape index (κ2) is 4.94. The zero-order valence-electron chi connectivity index (χ0n) is 10.8. The van der Waals surface area contributed by atoms with Crippen LogP contribution < -0.4 is 5.32 Å². The van der Waals surface area contributed by atoms with Crippen LogP contribution in [-0.4, -0.2) is 15.0 Å². The lowest BCUT2D eigenvalue weighted by molar-refractivity contribution is 1.09. The van der Waals surface area contributed by atoms with Crippen LogP contribution in [0.15, 0.2) is 42.7 Å². The van der Waals surface area contributed by atoms with E-state index in [1.165, 1.54) is 0 Å². The highest BCUT2D eigenvalue weighted by Gasteiger charge is 2.05. The molecule has 2 heterocycles. The fourth-order valence-corrected chi connectivity index (χ4v) is 2.02. The third-order valence-corrected chi connectivity index (χ3v) is 2.90. The van der Waals surface area contributed by atoms with Crippen LogP contribution in [0.5, 0.6) is 0 Å². The van der Waals surface area contributed by atoms with Crippen molar-refractivity contribution in [1.29, 1.82) is 5.26 Å². The smallest absolute Gasteiger partial charge is 0.228 e. The summed E-state index contributed by atoms with van der Waals surface area (Å²) in [6, 6.07) is 11.5. The summed E-state index contributed by atoms with van der Waals surface area (Å²) in [5.74, 6) is 0.415. The van der Waals surface area contributed by atoms with E-state index in [1.54, 1.807) is 18.5 Å². The lowest BCUT2D eigenvalue weighted by Gasteiger charge is -2.08. The van der Waals surface area contributed by atoms with E-state index in [-0.39, 0.29) is 0 Å². The summed E-state index contributed by atoms with van der Waals surface area (Å²) in [6.07, 6.45) is 3.54. The topological polar surface area (TPSA) is 74.5 Å². The summed E-state index contributed by atoms with van der Waals surface area (Å²) >= 11 is 0. The van der Waals surface area contributed by atoms with Gasteiger partial charge in [-0.25, -0.2) is 9.97 Å². The van der Waals surface area contributed by atoms with Crippen LogP contribution in [0.4, 0.5) is 11.6 Å². The second-order valence-corrected chi connectivity index (χ2v) is 4.36. The molecule has 0 saturated heterocycles. The fraction of sp³-hybridized carbons (Fsp3) is 0.0667. The van der Waals surface area contributed by atoms with Crippen LogP contribution in [0.3, 0.4) is 0 Å². The van der Waals surface area contributed by atoms with E-state index < -0.39 is 0 Å². The average molecular weight is 261 g/mol. The van der Waals surface area contributed by atoms with Gasteiger partial charge in [-0.05, 0) is 30.5 Å². The number of fused-ring (bicyclic) bond motifs is 1. The Labute approximate surface area is 116 Å². The quantitative estimate of drug-likeness (QED) is 0.767. The van der Waals surface area contributed by atoms with Crippen molar-refractivity contribution in [3.63, 3.8) is 0 Å². The second-order valence-electron chi connectivity index (χ2n) is 4.36. The van der Waals surface area contributed by atoms with Crippen LogP contribution in [0.1, 0.15) is 11.4 Å². The maximum absolute atomic E-state index is 8.95. The lowest BCUT2D eigenvalue weighted by Crippen LogP contribution is -2.00. The highest BCUT2D eigenvalue weighted by atomic mass is 15.1. The first-order valence-electron chi connectivity index (χ1n) is 6.12. The SMILES string of the molecule is Cc1cc(C#N)nc(Nc2cccc3ccncc23)n1. The molecule has 1 aromatic carbocycles. The van der Waals surface area contributed by atoms with Gasteiger partial charge in [0.15, 0.2) is 0 Å². The summed E-state index contributed by atoms with van der Waals surface area (Å²) in [7, 11) is 0. The maximum Gasteiger partial charge on any atom is 0.228 e. The van der Waals surface area contributed by atoms with Gasteiger partial charge < -0.3 is 5.32 Å². The number of nitriles is 1. The zero-order chi connectivity index (χ0) is 13.9. The molecule has 0 aliphatic rings. The Morgan fingerprint density at radius 3 is 2.95 bits per heavy atom. The molecule has 3 rings (SSSR count). The monoisotopic (exact) mass is 261 g/mol. The van der Waals surface area contributed by atoms with Crippen molar-refractivity contribution in [3.05, 3.63) is 54.1 Å². The first-order chi connectivity index (χ1) is 9.76. The van der Waals surface area contributed by atoms with Crippen LogP contribution >= 0.6 is 0 Å². The van der Waals surface area contributed by atoms with Gasteiger partial charge in [-0.15, -0.1) is 0 Å². The van der Waals surface area contributed by atoms with Crippen LogP contribution in [0.2, 0.25) is 0 Å². The number of nitrogens with one attached hydrogen (secondary N) is 1. The molecular formula is C15H11N5. The van der Waals surface area contributed by atoms with Crippen molar-refractivity contribution in [1.82, 2.24) is 15.0 Å². The molecule has 1 N–H and O–H groups in total. The highest BCUT2D eigenvalue weighted by molar-refractivity contribution is 5.94. The number of hydrogen-bond acceptors (Lipinski definition) is 5. The largest absolute Gasteiger partial charge is 0.323 e. The molecule has 2 aromatic heterocycles. The molecule has 3 aromatic rings. The minimum Gasteiger partial charge on any atom is -0.323 e. The third kappa shape index (κ3) is 2.27. The molecule has 0 saturated carbocycles. The van der Waals surface area contributed by atoms with Gasteiger partial charge in [0.05, 0.1) is 5.69 Å². The molecule has 0 aliphatic heterocycles. The minimum atomic E-state index is 0.346. The summed E-state index contributed by atoms with van der Waals surface area (Å²) in [5, 5.41) is 14.2. The zero-order valence-corrected chi connectivity index (χ0v) is 10.8. The lowest BCUT2D eigenvalue weighted by atomic mass is 10.1. The summed E-state index contributed by atoms with van der Waals surface area (Å²) in [5.41, 5.74) is 1.96. The Hall–Kier alpha value is -3.00. The molecule has 0 aliphatic carbocycles. The van der Waals surface area contributed by atoms with Crippen LogP contribution in [0, 0.1) is 18.3 Å². The number of nitrogens with zero attached hydrogens (tertiary/aromatic N) is 4. The number of aryl methyl sites for hydroxylation is 1. The van der Waals surface area contributed by atoms with Gasteiger partial charge in [-0.2, -0.15) is 5.26 Å². The predicted octanol–water partition coefficient (Wildman–Crippen LogP) is 2.95. The molecule has 5 heteroatoms. The van der Waals surface area contributed by atoms with E-state index in [4.69, 9.17) is 5.26 Å². The number of aromatic nitrogens is 3. The Bertz CT molecular complexity index is 815. The minimum absolute atomic E-state index is 0.346. The molecule has 0 fully saturated rings. The first kappa shape index (κ1) is 12.1. The van der Waals surface area contributed by atoms with Gasteiger partial charge in [0.1, 0.15) is 11.8 Å². The van der Waals surface area contributed by atoms with Crippen molar-refractivity contribution in [3.8, 4) is 6.07 Å². The van der Waals surface area contributed by atoms with E-state index in [0.29, 0.717) is 11.6 Å². The number of anilines is 2. The Morgan fingerprint density at radius 2 is 2.10 bits per heavy atom. The van der Waals surface area contributed by atoms with Gasteiger partial charge >= 0.3 is 0 Å². The van der Waals surface area contributed by atoms with E-state index >= 15 is 0 Å². The molecule has 0 bridgehead atoms. The standard InChI is InChI=1S/C15H11N5/c1-10-7-12(8-16)19-15(18-10)20-14-4-2-3-11-5-6-17-9-13(11)14/h2-7,9H,1H3,(H,18,19,20). The Kier molecular flexibility index (Phi) is 2.98. The van der Waals surface area contributed by atoms with Crippen LogP contribution in [-0.2, 0) is 0 Å². The van der Waals surface area contributed by atoms with Crippen molar-refractivity contribution < 1.29 is 0 Å². The number of hydrogen-bond donors (Lipinski definition) is 1. The van der Waals surface area contributed by atoms with E-state index in [1.807, 2.05) is 37.3 Å². The molecule has 5 nitrogen and oxygen atoms in total. The van der Waals surface area contributed by atoms with E-state index in [2.05, 4.69) is 20.3 Å². The molecule has 96 valence electrons. The Morgan fingerprint density at radius 1 is 1.20 bits per heavy atom. The van der Waals surface area contributed by atoms with Gasteiger partial charge in [-0.3, -0.25) is 4.98 Å². The number of pyridine rings is 1. The van der Waals surface area contributed by atoms with E-state index in [9.17, 15) is 0 Å². The fourth-order valence-electron chi connectivity index (χ4n) is 2.02. The number of benzene rings is 1. The molecular weight excluding hydrogens is 250 g/mol. The molecule has 0 radical (unpaired) electrons. The summed E-state index contributed by atoms with van der Waals surface area (Å²) < 4.78 is 0. The molecule has 0 atom stereocenters. The molecule has 0 spiro atoms. The van der Waals surface area contributed by atoms with Crippen LogP contribution in [0.25, 0.3) is 10.8 Å². The maximum atomic E-state index is 8.95. The predicted molar refractivity (Wildman–Crippen MR) is 76.5 cm³/mol. The number of rotatable bonds is 2. The van der Waals surface area contributed by atoms with Gasteiger partial charge in [0, 0.05) is 23.5 Å². The van der Waals surface area contributed by atoms with Crippen molar-refractivity contribution in [2.45, 2.75) is 6.92 Å². The Balaban J connectivity index is 2.06. The molecule has 0 unspecified atom stereocenters. The van der Waals surface area contributed by atoms with Crippen molar-refractivity contribution >= 4 is 22.4 Å². The summed E-state index contributed by atoms with van der Waals surface area (Å²) in [4.78, 5) is 12.6. The summed E-state index contributed by atoms with van der Waals surface area (Å²) in [6.45, 7) is 1.83. The van der Waals surface area contributed by atoms with Crippen molar-refractivity contribution in [2.24, 2.45) is 0 Å². The van der Waals surface area contributed by atoms with Gasteiger partial charge in [0.25, 0.3) is 0 Å². The van der Waals surface area contributed by atoms with Gasteiger partial charge in [-0.1, -0.05) is 12.1 Å². The molecule has 0 amide bonds. The highest BCUT2D eigenvalue weighted by Crippen LogP contribution is 2.24. The average Bonchev–Trinajstić information content (AvgIpc) is 2.47. The third-order valence-electron chi connectivity index (χ3n) is 2.90. The van der Waals surface area contributed by atoms with Gasteiger partial charge in [0.2, 0.25) is 5.95 Å². The first-order valence-corrected chi connectivity index (χ1v) is 6.12. The molecule has 20 heavy (non-hydrogen) atoms.